The Hall–Kier alpha value is -2.26. The summed E-state index contributed by atoms with van der Waals surface area (Å²) in [4.78, 5) is 16.8. The first-order chi connectivity index (χ1) is 13.3. The topological polar surface area (TPSA) is 65.8 Å². The van der Waals surface area contributed by atoms with Crippen molar-refractivity contribution in [1.82, 2.24) is 9.80 Å². The maximum Gasteiger partial charge on any atom is 0.410 e. The Bertz CT molecular complexity index is 708. The van der Waals surface area contributed by atoms with Gasteiger partial charge in [0.15, 0.2) is 0 Å². The van der Waals surface area contributed by atoms with Gasteiger partial charge >= 0.3 is 6.09 Å². The molecule has 2 aliphatic heterocycles. The number of amides is 1. The van der Waals surface area contributed by atoms with Crippen LogP contribution in [-0.4, -0.2) is 60.8 Å². The van der Waals surface area contributed by atoms with Crippen molar-refractivity contribution in [3.05, 3.63) is 29.8 Å². The Morgan fingerprint density at radius 3 is 2.57 bits per heavy atom. The summed E-state index contributed by atoms with van der Waals surface area (Å²) in [5.41, 5.74) is 0.179. The standard InChI is InChI=1S/C22H31N3O3/c1-22(2,3)28-21(26)25-15-18-10-19(16-25)14-24(13-18)8-5-9-27-20-7-4-6-17(11-20)12-23/h4,6-7,11,18-19H,5,8-10,13-16H2,1-3H3. The summed E-state index contributed by atoms with van der Waals surface area (Å²) in [5.74, 6) is 1.80. The van der Waals surface area contributed by atoms with Gasteiger partial charge in [-0.1, -0.05) is 6.07 Å². The lowest BCUT2D eigenvalue weighted by Gasteiger charge is -2.45. The first-order valence-corrected chi connectivity index (χ1v) is 10.2. The molecule has 1 amide bonds. The molecular formula is C22H31N3O3. The monoisotopic (exact) mass is 385 g/mol. The minimum atomic E-state index is -0.442. The Balaban J connectivity index is 1.41. The summed E-state index contributed by atoms with van der Waals surface area (Å²) in [6.07, 6.45) is 1.97. The van der Waals surface area contributed by atoms with E-state index >= 15 is 0 Å². The van der Waals surface area contributed by atoms with Crippen molar-refractivity contribution in [2.24, 2.45) is 11.8 Å². The Morgan fingerprint density at radius 2 is 1.93 bits per heavy atom. The van der Waals surface area contributed by atoms with Gasteiger partial charge < -0.3 is 19.3 Å². The summed E-state index contributed by atoms with van der Waals surface area (Å²) < 4.78 is 11.3. The quantitative estimate of drug-likeness (QED) is 0.726. The second kappa shape index (κ2) is 8.83. The number of benzene rings is 1. The van der Waals surface area contributed by atoms with E-state index in [1.807, 2.05) is 37.8 Å². The van der Waals surface area contributed by atoms with Crippen molar-refractivity contribution < 1.29 is 14.3 Å². The van der Waals surface area contributed by atoms with Gasteiger partial charge in [0.2, 0.25) is 0 Å². The van der Waals surface area contributed by atoms with Crippen LogP contribution in [0.2, 0.25) is 0 Å². The van der Waals surface area contributed by atoms with E-state index < -0.39 is 5.60 Å². The molecule has 2 heterocycles. The maximum atomic E-state index is 12.4. The molecule has 1 aromatic rings. The second-order valence-electron chi connectivity index (χ2n) is 8.95. The van der Waals surface area contributed by atoms with E-state index in [0.29, 0.717) is 24.0 Å². The van der Waals surface area contributed by atoms with Crippen molar-refractivity contribution in [2.45, 2.75) is 39.2 Å². The lowest BCUT2D eigenvalue weighted by atomic mass is 9.85. The Kier molecular flexibility index (Phi) is 6.46. The Labute approximate surface area is 168 Å². The largest absolute Gasteiger partial charge is 0.494 e. The molecule has 0 aliphatic carbocycles. The summed E-state index contributed by atoms with van der Waals surface area (Å²) in [5, 5.41) is 8.95. The molecule has 0 N–H and O–H groups in total. The van der Waals surface area contributed by atoms with E-state index in [1.165, 1.54) is 6.42 Å². The molecule has 2 unspecified atom stereocenters. The van der Waals surface area contributed by atoms with Crippen molar-refractivity contribution in [2.75, 3.05) is 39.3 Å². The van der Waals surface area contributed by atoms with Crippen LogP contribution in [0.5, 0.6) is 5.75 Å². The number of piperidine rings is 2. The zero-order chi connectivity index (χ0) is 20.1. The highest BCUT2D eigenvalue weighted by Gasteiger charge is 2.37. The fourth-order valence-electron chi connectivity index (χ4n) is 4.18. The van der Waals surface area contributed by atoms with Crippen molar-refractivity contribution in [3.63, 3.8) is 0 Å². The predicted molar refractivity (Wildman–Crippen MR) is 107 cm³/mol. The van der Waals surface area contributed by atoms with E-state index in [-0.39, 0.29) is 6.09 Å². The van der Waals surface area contributed by atoms with E-state index in [2.05, 4.69) is 11.0 Å². The molecule has 0 radical (unpaired) electrons. The number of rotatable bonds is 5. The van der Waals surface area contributed by atoms with E-state index in [1.54, 1.807) is 12.1 Å². The van der Waals surface area contributed by atoms with E-state index in [0.717, 1.165) is 44.9 Å². The summed E-state index contributed by atoms with van der Waals surface area (Å²) in [6.45, 7) is 11.0. The number of hydrogen-bond acceptors (Lipinski definition) is 5. The average molecular weight is 386 g/mol. The van der Waals surface area contributed by atoms with Gasteiger partial charge in [-0.25, -0.2) is 4.79 Å². The molecule has 28 heavy (non-hydrogen) atoms. The molecule has 6 nitrogen and oxygen atoms in total. The first-order valence-electron chi connectivity index (χ1n) is 10.2. The zero-order valence-corrected chi connectivity index (χ0v) is 17.2. The van der Waals surface area contributed by atoms with Crippen LogP contribution in [0.4, 0.5) is 4.79 Å². The number of fused-ring (bicyclic) bond motifs is 2. The van der Waals surface area contributed by atoms with Gasteiger partial charge in [-0.15, -0.1) is 0 Å². The van der Waals surface area contributed by atoms with Crippen LogP contribution in [0.1, 0.15) is 39.2 Å². The van der Waals surface area contributed by atoms with Crippen LogP contribution in [0, 0.1) is 23.2 Å². The number of ether oxygens (including phenoxy) is 2. The van der Waals surface area contributed by atoms with Crippen LogP contribution < -0.4 is 4.74 Å². The molecule has 1 aromatic carbocycles. The van der Waals surface area contributed by atoms with Gasteiger partial charge in [-0.2, -0.15) is 5.26 Å². The highest BCUT2D eigenvalue weighted by molar-refractivity contribution is 5.68. The minimum absolute atomic E-state index is 0.177. The number of hydrogen-bond donors (Lipinski definition) is 0. The summed E-state index contributed by atoms with van der Waals surface area (Å²) in [6, 6.07) is 9.41. The highest BCUT2D eigenvalue weighted by Crippen LogP contribution is 2.29. The molecule has 3 rings (SSSR count). The average Bonchev–Trinajstić information content (AvgIpc) is 2.63. The van der Waals surface area contributed by atoms with Gasteiger partial charge in [0, 0.05) is 32.7 Å². The second-order valence-corrected chi connectivity index (χ2v) is 8.95. The zero-order valence-electron chi connectivity index (χ0n) is 17.2. The van der Waals surface area contributed by atoms with Crippen LogP contribution in [0.3, 0.4) is 0 Å². The molecule has 2 fully saturated rings. The fraction of sp³-hybridized carbons (Fsp3) is 0.636. The maximum absolute atomic E-state index is 12.4. The van der Waals surface area contributed by atoms with Gasteiger partial charge in [0.1, 0.15) is 11.4 Å². The third-order valence-corrected chi connectivity index (χ3v) is 5.16. The van der Waals surface area contributed by atoms with Crippen molar-refractivity contribution in [1.29, 1.82) is 5.26 Å². The number of carbonyl (C=O) groups excluding carboxylic acids is 1. The molecule has 2 saturated heterocycles. The number of nitriles is 1. The molecule has 2 aliphatic rings. The summed E-state index contributed by atoms with van der Waals surface area (Å²) in [7, 11) is 0. The molecule has 0 aromatic heterocycles. The van der Waals surface area contributed by atoms with Crippen LogP contribution in [0.25, 0.3) is 0 Å². The smallest absolute Gasteiger partial charge is 0.410 e. The molecule has 0 spiro atoms. The third kappa shape index (κ3) is 5.87. The fourth-order valence-corrected chi connectivity index (χ4v) is 4.18. The molecule has 152 valence electrons. The minimum Gasteiger partial charge on any atom is -0.494 e. The van der Waals surface area contributed by atoms with Crippen LogP contribution in [0.15, 0.2) is 24.3 Å². The predicted octanol–water partition coefficient (Wildman–Crippen LogP) is 3.52. The van der Waals surface area contributed by atoms with Crippen LogP contribution in [-0.2, 0) is 4.74 Å². The first kappa shape index (κ1) is 20.5. The molecule has 0 saturated carbocycles. The van der Waals surface area contributed by atoms with Gasteiger partial charge in [-0.05, 0) is 63.6 Å². The van der Waals surface area contributed by atoms with E-state index in [9.17, 15) is 4.79 Å². The Morgan fingerprint density at radius 1 is 1.21 bits per heavy atom. The molecule has 2 atom stereocenters. The van der Waals surface area contributed by atoms with E-state index in [4.69, 9.17) is 14.7 Å². The summed E-state index contributed by atoms with van der Waals surface area (Å²) >= 11 is 0. The normalized spacial score (nSPS) is 22.4. The SMILES string of the molecule is CC(C)(C)OC(=O)N1CC2CC(CN(CCCOc3cccc(C#N)c3)C2)C1. The molecule has 2 bridgehead atoms. The lowest BCUT2D eigenvalue weighted by molar-refractivity contribution is -0.00998. The highest BCUT2D eigenvalue weighted by atomic mass is 16.6. The number of carbonyl (C=O) groups is 1. The van der Waals surface area contributed by atoms with Gasteiger partial charge in [0.25, 0.3) is 0 Å². The van der Waals surface area contributed by atoms with Gasteiger partial charge in [0.05, 0.1) is 18.2 Å². The van der Waals surface area contributed by atoms with Gasteiger partial charge in [-0.3, -0.25) is 0 Å². The third-order valence-electron chi connectivity index (χ3n) is 5.16. The number of likely N-dealkylation sites (tertiary alicyclic amines) is 2. The van der Waals surface area contributed by atoms with Crippen molar-refractivity contribution in [3.8, 4) is 11.8 Å². The number of nitrogens with zero attached hydrogens (tertiary/aromatic N) is 3. The molecule has 6 heteroatoms. The van der Waals surface area contributed by atoms with Crippen molar-refractivity contribution >= 4 is 6.09 Å². The van der Waals surface area contributed by atoms with Crippen LogP contribution >= 0.6 is 0 Å². The lowest BCUT2D eigenvalue weighted by Crippen LogP contribution is -2.54. The molecular weight excluding hydrogens is 354 g/mol.